The molecule has 3 N–H and O–H groups in total. The fraction of sp³-hybridized carbons (Fsp3) is 0.467. The highest BCUT2D eigenvalue weighted by Crippen LogP contribution is 2.20. The number of esters is 1. The summed E-state index contributed by atoms with van der Waals surface area (Å²) in [5, 5.41) is 2.77. The first-order valence-electron chi connectivity index (χ1n) is 7.07. The second kappa shape index (κ2) is 7.19. The first kappa shape index (κ1) is 15.5. The molecule has 0 radical (unpaired) electrons. The van der Waals surface area contributed by atoms with E-state index in [1.807, 2.05) is 0 Å². The maximum atomic E-state index is 12.0. The van der Waals surface area contributed by atoms with Crippen LogP contribution in [0.5, 0.6) is 0 Å². The lowest BCUT2D eigenvalue weighted by Crippen LogP contribution is -2.29. The van der Waals surface area contributed by atoms with Gasteiger partial charge in [-0.1, -0.05) is 0 Å². The van der Waals surface area contributed by atoms with Crippen LogP contribution in [0, 0.1) is 0 Å². The molecular weight excluding hydrogens is 272 g/mol. The lowest BCUT2D eigenvalue weighted by atomic mass is 10.1. The van der Waals surface area contributed by atoms with Crippen LogP contribution >= 0.6 is 0 Å². The average Bonchev–Trinajstić information content (AvgIpc) is 2.97. The highest BCUT2D eigenvalue weighted by Gasteiger charge is 2.29. The predicted molar refractivity (Wildman–Crippen MR) is 78.0 cm³/mol. The van der Waals surface area contributed by atoms with E-state index in [1.54, 1.807) is 31.2 Å². The molecule has 2 atom stereocenters. The van der Waals surface area contributed by atoms with E-state index in [4.69, 9.17) is 15.2 Å². The predicted octanol–water partition coefficient (Wildman–Crippen LogP) is 1.31. The van der Waals surface area contributed by atoms with Gasteiger partial charge < -0.3 is 20.5 Å². The van der Waals surface area contributed by atoms with Crippen molar-refractivity contribution in [3.63, 3.8) is 0 Å². The number of amides is 1. The number of ether oxygens (including phenoxy) is 2. The number of rotatable bonds is 5. The molecule has 1 aromatic carbocycles. The summed E-state index contributed by atoms with van der Waals surface area (Å²) in [4.78, 5) is 23.5. The van der Waals surface area contributed by atoms with E-state index >= 15 is 0 Å². The molecule has 114 valence electrons. The molecule has 0 aromatic heterocycles. The van der Waals surface area contributed by atoms with Crippen molar-refractivity contribution in [2.24, 2.45) is 5.73 Å². The quantitative estimate of drug-likeness (QED) is 0.798. The van der Waals surface area contributed by atoms with Crippen molar-refractivity contribution >= 4 is 17.6 Å². The topological polar surface area (TPSA) is 90.7 Å². The molecule has 1 aliphatic rings. The van der Waals surface area contributed by atoms with Gasteiger partial charge in [0.25, 0.3) is 5.91 Å². The lowest BCUT2D eigenvalue weighted by Gasteiger charge is -2.12. The molecule has 0 unspecified atom stereocenters. The Bertz CT molecular complexity index is 501. The van der Waals surface area contributed by atoms with E-state index in [0.29, 0.717) is 30.8 Å². The molecule has 1 saturated heterocycles. The molecule has 1 fully saturated rings. The van der Waals surface area contributed by atoms with Gasteiger partial charge in [0, 0.05) is 12.2 Å². The van der Waals surface area contributed by atoms with Crippen molar-refractivity contribution in [1.29, 1.82) is 0 Å². The van der Waals surface area contributed by atoms with Crippen LogP contribution in [0.25, 0.3) is 0 Å². The molecule has 1 aromatic rings. The number of nitrogens with two attached hydrogens (primary N) is 1. The molecule has 1 heterocycles. The van der Waals surface area contributed by atoms with Gasteiger partial charge in [0.2, 0.25) is 0 Å². The smallest absolute Gasteiger partial charge is 0.338 e. The summed E-state index contributed by atoms with van der Waals surface area (Å²) in [6, 6.07) is 6.57. The summed E-state index contributed by atoms with van der Waals surface area (Å²) >= 11 is 0. The highest BCUT2D eigenvalue weighted by molar-refractivity contribution is 5.95. The fourth-order valence-electron chi connectivity index (χ4n) is 2.20. The maximum absolute atomic E-state index is 12.0. The Labute approximate surface area is 123 Å². The first-order valence-corrected chi connectivity index (χ1v) is 7.07. The van der Waals surface area contributed by atoms with Gasteiger partial charge in [-0.25, -0.2) is 4.79 Å². The van der Waals surface area contributed by atoms with Crippen molar-refractivity contribution in [3.8, 4) is 0 Å². The minimum Gasteiger partial charge on any atom is -0.462 e. The Balaban J connectivity index is 1.91. The number of benzene rings is 1. The third kappa shape index (κ3) is 4.03. The van der Waals surface area contributed by atoms with Crippen molar-refractivity contribution < 1.29 is 19.1 Å². The summed E-state index contributed by atoms with van der Waals surface area (Å²) < 4.78 is 10.4. The molecule has 21 heavy (non-hydrogen) atoms. The SMILES string of the molecule is CCOC(=O)c1ccc(NC(=O)[C@@H]2CC[C@H](CN)O2)cc1. The van der Waals surface area contributed by atoms with E-state index in [2.05, 4.69) is 5.32 Å². The third-order valence-corrected chi connectivity index (χ3v) is 3.33. The standard InChI is InChI=1S/C15H20N2O4/c1-2-20-15(19)10-3-5-11(6-4-10)17-14(18)13-8-7-12(9-16)21-13/h3-6,12-13H,2,7-9,16H2,1H3,(H,17,18)/t12-,13+/m1/s1. The van der Waals surface area contributed by atoms with Gasteiger partial charge in [0.15, 0.2) is 0 Å². The number of carbonyl (C=O) groups excluding carboxylic acids is 2. The van der Waals surface area contributed by atoms with Crippen LogP contribution in [0.2, 0.25) is 0 Å². The monoisotopic (exact) mass is 292 g/mol. The molecule has 1 aliphatic heterocycles. The third-order valence-electron chi connectivity index (χ3n) is 3.33. The van der Waals surface area contributed by atoms with E-state index in [9.17, 15) is 9.59 Å². The van der Waals surface area contributed by atoms with E-state index in [1.165, 1.54) is 0 Å². The van der Waals surface area contributed by atoms with Gasteiger partial charge in [-0.15, -0.1) is 0 Å². The maximum Gasteiger partial charge on any atom is 0.338 e. The van der Waals surface area contributed by atoms with Crippen molar-refractivity contribution in [3.05, 3.63) is 29.8 Å². The van der Waals surface area contributed by atoms with Gasteiger partial charge in [-0.2, -0.15) is 0 Å². The normalized spacial score (nSPS) is 21.0. The molecular formula is C15H20N2O4. The van der Waals surface area contributed by atoms with Crippen LogP contribution < -0.4 is 11.1 Å². The number of nitrogens with one attached hydrogen (secondary N) is 1. The molecule has 1 amide bonds. The van der Waals surface area contributed by atoms with Crippen LogP contribution in [0.3, 0.4) is 0 Å². The number of hydrogen-bond acceptors (Lipinski definition) is 5. The summed E-state index contributed by atoms with van der Waals surface area (Å²) in [5.41, 5.74) is 6.59. The van der Waals surface area contributed by atoms with E-state index < -0.39 is 6.10 Å². The Morgan fingerprint density at radius 2 is 2.05 bits per heavy atom. The largest absolute Gasteiger partial charge is 0.462 e. The zero-order valence-electron chi connectivity index (χ0n) is 12.0. The Morgan fingerprint density at radius 1 is 1.33 bits per heavy atom. The van der Waals surface area contributed by atoms with Gasteiger partial charge in [0.1, 0.15) is 6.10 Å². The van der Waals surface area contributed by atoms with Gasteiger partial charge >= 0.3 is 5.97 Å². The highest BCUT2D eigenvalue weighted by atomic mass is 16.5. The zero-order chi connectivity index (χ0) is 15.2. The van der Waals surface area contributed by atoms with Crippen molar-refractivity contribution in [2.75, 3.05) is 18.5 Å². The minimum absolute atomic E-state index is 0.0352. The Hall–Kier alpha value is -1.92. The van der Waals surface area contributed by atoms with Crippen LogP contribution in [-0.2, 0) is 14.3 Å². The number of hydrogen-bond donors (Lipinski definition) is 2. The zero-order valence-corrected chi connectivity index (χ0v) is 12.0. The molecule has 6 nitrogen and oxygen atoms in total. The van der Waals surface area contributed by atoms with Gasteiger partial charge in [0.05, 0.1) is 18.3 Å². The van der Waals surface area contributed by atoms with Crippen LogP contribution in [0.1, 0.15) is 30.1 Å². The summed E-state index contributed by atoms with van der Waals surface area (Å²) in [5.74, 6) is -0.560. The lowest BCUT2D eigenvalue weighted by molar-refractivity contribution is -0.126. The van der Waals surface area contributed by atoms with Crippen LogP contribution in [0.15, 0.2) is 24.3 Å². The molecule has 6 heteroatoms. The number of anilines is 1. The van der Waals surface area contributed by atoms with Gasteiger partial charge in [-0.3, -0.25) is 4.79 Å². The van der Waals surface area contributed by atoms with E-state index in [0.717, 1.165) is 6.42 Å². The minimum atomic E-state index is -0.455. The molecule has 0 spiro atoms. The Kier molecular flexibility index (Phi) is 5.30. The average molecular weight is 292 g/mol. The summed E-state index contributed by atoms with van der Waals surface area (Å²) in [6.07, 6.45) is 0.987. The van der Waals surface area contributed by atoms with Crippen LogP contribution in [0.4, 0.5) is 5.69 Å². The van der Waals surface area contributed by atoms with E-state index in [-0.39, 0.29) is 18.0 Å². The second-order valence-corrected chi connectivity index (χ2v) is 4.85. The van der Waals surface area contributed by atoms with Crippen molar-refractivity contribution in [1.82, 2.24) is 0 Å². The molecule has 2 rings (SSSR count). The molecule has 0 aliphatic carbocycles. The molecule has 0 bridgehead atoms. The number of carbonyl (C=O) groups is 2. The van der Waals surface area contributed by atoms with Gasteiger partial charge in [-0.05, 0) is 44.0 Å². The van der Waals surface area contributed by atoms with Crippen LogP contribution in [-0.4, -0.2) is 37.2 Å². The summed E-state index contributed by atoms with van der Waals surface area (Å²) in [6.45, 7) is 2.51. The second-order valence-electron chi connectivity index (χ2n) is 4.85. The fourth-order valence-corrected chi connectivity index (χ4v) is 2.20. The Morgan fingerprint density at radius 3 is 2.62 bits per heavy atom. The first-order chi connectivity index (χ1) is 10.1. The summed E-state index contributed by atoms with van der Waals surface area (Å²) in [7, 11) is 0. The van der Waals surface area contributed by atoms with Crippen molar-refractivity contribution in [2.45, 2.75) is 32.0 Å². The molecule has 0 saturated carbocycles.